The molecule has 1 amide bonds. The second-order valence-corrected chi connectivity index (χ2v) is 6.94. The number of ether oxygens (including phenoxy) is 2. The highest BCUT2D eigenvalue weighted by Gasteiger charge is 2.44. The molecule has 132 valence electrons. The Labute approximate surface area is 146 Å². The first kappa shape index (κ1) is 16.0. The van der Waals surface area contributed by atoms with E-state index in [4.69, 9.17) is 14.0 Å². The first-order valence-corrected chi connectivity index (χ1v) is 8.74. The van der Waals surface area contributed by atoms with Gasteiger partial charge in [0.15, 0.2) is 17.3 Å². The van der Waals surface area contributed by atoms with Crippen LogP contribution in [0.1, 0.15) is 49.1 Å². The highest BCUT2D eigenvalue weighted by Crippen LogP contribution is 2.49. The standard InChI is InChI=1S/C19H22N2O4/c1-11(2)16-8-13(25-21-16)10-20-19(22)15-9-14(15)12-3-4-17-18(7-12)24-6-5-23-17/h3-4,7-8,11,14-15H,5-6,9-10H2,1-2H3,(H,20,22)/t14-,15-/m0/s1. The summed E-state index contributed by atoms with van der Waals surface area (Å²) in [4.78, 5) is 12.4. The molecule has 1 aromatic carbocycles. The lowest BCUT2D eigenvalue weighted by molar-refractivity contribution is -0.122. The van der Waals surface area contributed by atoms with Crippen LogP contribution in [0.15, 0.2) is 28.8 Å². The van der Waals surface area contributed by atoms with E-state index in [1.807, 2.05) is 24.3 Å². The van der Waals surface area contributed by atoms with Crippen LogP contribution in [0.3, 0.4) is 0 Å². The van der Waals surface area contributed by atoms with Crippen molar-refractivity contribution >= 4 is 5.91 Å². The number of carbonyl (C=O) groups excluding carboxylic acids is 1. The summed E-state index contributed by atoms with van der Waals surface area (Å²) in [6.45, 7) is 5.65. The molecule has 25 heavy (non-hydrogen) atoms. The molecule has 1 saturated carbocycles. The van der Waals surface area contributed by atoms with E-state index in [1.165, 1.54) is 0 Å². The molecular formula is C19H22N2O4. The number of amides is 1. The zero-order valence-corrected chi connectivity index (χ0v) is 14.5. The normalized spacial score (nSPS) is 21.2. The molecule has 2 aliphatic rings. The fraction of sp³-hybridized carbons (Fsp3) is 0.474. The van der Waals surface area contributed by atoms with Crippen molar-refractivity contribution in [3.8, 4) is 11.5 Å². The van der Waals surface area contributed by atoms with Crippen LogP contribution in [-0.4, -0.2) is 24.3 Å². The van der Waals surface area contributed by atoms with Crippen molar-refractivity contribution in [1.29, 1.82) is 0 Å². The molecule has 0 radical (unpaired) electrons. The summed E-state index contributed by atoms with van der Waals surface area (Å²) >= 11 is 0. The molecule has 1 aromatic heterocycles. The van der Waals surface area contributed by atoms with Crippen LogP contribution in [0.4, 0.5) is 0 Å². The smallest absolute Gasteiger partial charge is 0.224 e. The van der Waals surface area contributed by atoms with E-state index in [0.717, 1.165) is 29.2 Å². The molecule has 1 fully saturated rings. The lowest BCUT2D eigenvalue weighted by Gasteiger charge is -2.18. The zero-order chi connectivity index (χ0) is 17.4. The molecule has 2 heterocycles. The Kier molecular flexibility index (Phi) is 4.11. The minimum absolute atomic E-state index is 0.00931. The van der Waals surface area contributed by atoms with Gasteiger partial charge in [-0.15, -0.1) is 0 Å². The molecule has 4 rings (SSSR count). The Balaban J connectivity index is 1.33. The first-order valence-electron chi connectivity index (χ1n) is 8.74. The Bertz CT molecular complexity index is 783. The number of rotatable bonds is 5. The van der Waals surface area contributed by atoms with E-state index < -0.39 is 0 Å². The minimum atomic E-state index is 0.00931. The van der Waals surface area contributed by atoms with E-state index >= 15 is 0 Å². The summed E-state index contributed by atoms with van der Waals surface area (Å²) in [6.07, 6.45) is 0.860. The number of nitrogens with zero attached hydrogens (tertiary/aromatic N) is 1. The van der Waals surface area contributed by atoms with E-state index in [1.54, 1.807) is 0 Å². The predicted molar refractivity (Wildman–Crippen MR) is 90.7 cm³/mol. The maximum Gasteiger partial charge on any atom is 0.224 e. The van der Waals surface area contributed by atoms with Crippen LogP contribution in [0.2, 0.25) is 0 Å². The van der Waals surface area contributed by atoms with Gasteiger partial charge >= 0.3 is 0 Å². The number of hydrogen-bond donors (Lipinski definition) is 1. The van der Waals surface area contributed by atoms with Gasteiger partial charge < -0.3 is 19.3 Å². The van der Waals surface area contributed by atoms with Crippen LogP contribution < -0.4 is 14.8 Å². The van der Waals surface area contributed by atoms with Gasteiger partial charge in [-0.2, -0.15) is 0 Å². The van der Waals surface area contributed by atoms with E-state index in [0.29, 0.717) is 31.4 Å². The molecule has 0 bridgehead atoms. The molecule has 1 aliphatic carbocycles. The fourth-order valence-corrected chi connectivity index (χ4v) is 3.13. The largest absolute Gasteiger partial charge is 0.486 e. The number of aromatic nitrogens is 1. The van der Waals surface area contributed by atoms with Crippen molar-refractivity contribution in [2.45, 2.75) is 38.6 Å². The van der Waals surface area contributed by atoms with Crippen molar-refractivity contribution in [1.82, 2.24) is 10.5 Å². The van der Waals surface area contributed by atoms with Crippen molar-refractivity contribution < 1.29 is 18.8 Å². The summed E-state index contributed by atoms with van der Waals surface area (Å²) in [5, 5.41) is 6.95. The molecule has 2 aromatic rings. The third kappa shape index (κ3) is 3.34. The summed E-state index contributed by atoms with van der Waals surface area (Å²) in [6, 6.07) is 7.85. The Morgan fingerprint density at radius 2 is 2.04 bits per heavy atom. The molecule has 0 saturated heterocycles. The summed E-state index contributed by atoms with van der Waals surface area (Å²) in [5.74, 6) is 2.87. The number of carbonyl (C=O) groups is 1. The van der Waals surface area contributed by atoms with Crippen molar-refractivity contribution in [3.63, 3.8) is 0 Å². The molecule has 0 spiro atoms. The summed E-state index contributed by atoms with van der Waals surface area (Å²) in [7, 11) is 0. The Hall–Kier alpha value is -2.50. The number of fused-ring (bicyclic) bond motifs is 1. The van der Waals surface area contributed by atoms with Gasteiger partial charge in [0.25, 0.3) is 0 Å². The lowest BCUT2D eigenvalue weighted by Crippen LogP contribution is -2.24. The predicted octanol–water partition coefficient (Wildman–Crippen LogP) is 2.99. The molecule has 0 unspecified atom stereocenters. The van der Waals surface area contributed by atoms with Crippen molar-refractivity contribution in [2.24, 2.45) is 5.92 Å². The average molecular weight is 342 g/mol. The van der Waals surface area contributed by atoms with Crippen molar-refractivity contribution in [3.05, 3.63) is 41.3 Å². The van der Waals surface area contributed by atoms with Crippen LogP contribution >= 0.6 is 0 Å². The van der Waals surface area contributed by atoms with Gasteiger partial charge in [-0.3, -0.25) is 4.79 Å². The van der Waals surface area contributed by atoms with Gasteiger partial charge in [0, 0.05) is 12.0 Å². The summed E-state index contributed by atoms with van der Waals surface area (Å²) < 4.78 is 16.4. The quantitative estimate of drug-likeness (QED) is 0.904. The molecular weight excluding hydrogens is 320 g/mol. The Morgan fingerprint density at radius 3 is 2.80 bits per heavy atom. The third-order valence-corrected chi connectivity index (χ3v) is 4.73. The molecule has 1 aliphatic heterocycles. The van der Waals surface area contributed by atoms with Gasteiger partial charge in [-0.05, 0) is 36.0 Å². The van der Waals surface area contributed by atoms with Crippen molar-refractivity contribution in [2.75, 3.05) is 13.2 Å². The monoisotopic (exact) mass is 342 g/mol. The van der Waals surface area contributed by atoms with Crippen LogP contribution in [0.5, 0.6) is 11.5 Å². The van der Waals surface area contributed by atoms with Gasteiger partial charge in [0.05, 0.1) is 12.2 Å². The molecule has 6 heteroatoms. The molecule has 1 N–H and O–H groups in total. The van der Waals surface area contributed by atoms with Gasteiger partial charge in [-0.25, -0.2) is 0 Å². The number of nitrogens with one attached hydrogen (secondary N) is 1. The van der Waals surface area contributed by atoms with Gasteiger partial charge in [-0.1, -0.05) is 25.1 Å². The zero-order valence-electron chi connectivity index (χ0n) is 14.5. The van der Waals surface area contributed by atoms with Crippen LogP contribution in [-0.2, 0) is 11.3 Å². The first-order chi connectivity index (χ1) is 12.1. The SMILES string of the molecule is CC(C)c1cc(CNC(=O)[C@H]2C[C@H]2c2ccc3c(c2)OCCO3)on1. The van der Waals surface area contributed by atoms with E-state index in [2.05, 4.69) is 24.3 Å². The van der Waals surface area contributed by atoms with Crippen LogP contribution in [0.25, 0.3) is 0 Å². The Morgan fingerprint density at radius 1 is 1.24 bits per heavy atom. The van der Waals surface area contributed by atoms with Gasteiger partial charge in [0.1, 0.15) is 13.2 Å². The van der Waals surface area contributed by atoms with Gasteiger partial charge in [0.2, 0.25) is 5.91 Å². The minimum Gasteiger partial charge on any atom is -0.486 e. The van der Waals surface area contributed by atoms with E-state index in [-0.39, 0.29) is 17.7 Å². The van der Waals surface area contributed by atoms with Crippen LogP contribution in [0, 0.1) is 5.92 Å². The third-order valence-electron chi connectivity index (χ3n) is 4.73. The van der Waals surface area contributed by atoms with E-state index in [9.17, 15) is 4.79 Å². The second-order valence-electron chi connectivity index (χ2n) is 6.94. The average Bonchev–Trinajstić information content (AvgIpc) is 3.28. The number of hydrogen-bond acceptors (Lipinski definition) is 5. The highest BCUT2D eigenvalue weighted by molar-refractivity contribution is 5.82. The molecule has 2 atom stereocenters. The fourth-order valence-electron chi connectivity index (χ4n) is 3.13. The maximum absolute atomic E-state index is 12.4. The lowest BCUT2D eigenvalue weighted by atomic mass is 10.1. The number of benzene rings is 1. The maximum atomic E-state index is 12.4. The highest BCUT2D eigenvalue weighted by atomic mass is 16.6. The second kappa shape index (κ2) is 6.43. The summed E-state index contributed by atoms with van der Waals surface area (Å²) in [5.41, 5.74) is 2.04. The topological polar surface area (TPSA) is 73.6 Å². The molecule has 6 nitrogen and oxygen atoms in total.